The molecule has 0 amide bonds. The highest BCUT2D eigenvalue weighted by Gasteiger charge is 2.27. The number of halogens is 2. The van der Waals surface area contributed by atoms with Gasteiger partial charge in [-0.15, -0.1) is 0 Å². The van der Waals surface area contributed by atoms with Crippen LogP contribution in [0.5, 0.6) is 0 Å². The van der Waals surface area contributed by atoms with Gasteiger partial charge in [0.15, 0.2) is 11.6 Å². The van der Waals surface area contributed by atoms with E-state index in [4.69, 9.17) is 4.98 Å². The maximum atomic E-state index is 14.1. The maximum Gasteiger partial charge on any atom is 0.225 e. The molecule has 8 heteroatoms. The second kappa shape index (κ2) is 8.70. The van der Waals surface area contributed by atoms with Crippen LogP contribution in [0.3, 0.4) is 0 Å². The van der Waals surface area contributed by atoms with E-state index in [9.17, 15) is 8.78 Å². The van der Waals surface area contributed by atoms with E-state index in [1.54, 1.807) is 12.1 Å². The molecule has 4 heterocycles. The van der Waals surface area contributed by atoms with E-state index in [0.717, 1.165) is 68.0 Å². The zero-order chi connectivity index (χ0) is 21.2. The fourth-order valence-corrected chi connectivity index (χ4v) is 4.73. The smallest absolute Gasteiger partial charge is 0.225 e. The van der Waals surface area contributed by atoms with Crippen molar-refractivity contribution >= 4 is 5.95 Å². The third-order valence-corrected chi connectivity index (χ3v) is 6.32. The molecule has 31 heavy (non-hydrogen) atoms. The lowest BCUT2D eigenvalue weighted by Gasteiger charge is -2.32. The van der Waals surface area contributed by atoms with E-state index in [1.165, 1.54) is 12.8 Å². The number of aromatic nitrogens is 4. The number of benzene rings is 1. The van der Waals surface area contributed by atoms with Gasteiger partial charge in [-0.3, -0.25) is 10.00 Å². The van der Waals surface area contributed by atoms with Crippen molar-refractivity contribution in [2.24, 2.45) is 0 Å². The molecule has 0 spiro atoms. The molecule has 0 unspecified atom stereocenters. The summed E-state index contributed by atoms with van der Waals surface area (Å²) in [6.07, 6.45) is 8.00. The number of H-pyrrole nitrogens is 1. The summed E-state index contributed by atoms with van der Waals surface area (Å²) in [6.45, 7) is 4.01. The van der Waals surface area contributed by atoms with Gasteiger partial charge in [-0.1, -0.05) is 12.1 Å². The van der Waals surface area contributed by atoms with Crippen molar-refractivity contribution in [2.75, 3.05) is 31.1 Å². The van der Waals surface area contributed by atoms with E-state index in [0.29, 0.717) is 12.1 Å². The fraction of sp³-hybridized carbons (Fsp3) is 0.435. The van der Waals surface area contributed by atoms with Crippen molar-refractivity contribution in [3.05, 3.63) is 59.6 Å². The van der Waals surface area contributed by atoms with Gasteiger partial charge in [0.25, 0.3) is 0 Å². The predicted octanol–water partition coefficient (Wildman–Crippen LogP) is 4.12. The first-order valence-corrected chi connectivity index (χ1v) is 11.0. The summed E-state index contributed by atoms with van der Waals surface area (Å²) in [4.78, 5) is 13.7. The van der Waals surface area contributed by atoms with Gasteiger partial charge < -0.3 is 4.90 Å². The third kappa shape index (κ3) is 4.17. The monoisotopic (exact) mass is 424 g/mol. The van der Waals surface area contributed by atoms with Crippen molar-refractivity contribution in [2.45, 2.75) is 38.1 Å². The minimum Gasteiger partial charge on any atom is -0.341 e. The molecule has 2 aromatic heterocycles. The first kappa shape index (κ1) is 20.1. The zero-order valence-electron chi connectivity index (χ0n) is 17.4. The standard InChI is InChI=1S/C23H26F2N6/c24-19-7-3-5-16(21(19)25)14-30-10-4-6-17(15-30)22-18(13-27-29-22)20-8-9-26-23(28-20)31-11-1-2-12-31/h3,5,7-9,13,17H,1-2,4,6,10-12,14-15H2,(H,27,29)/t17-/m1/s1. The number of anilines is 1. The Morgan fingerprint density at radius 1 is 1.06 bits per heavy atom. The summed E-state index contributed by atoms with van der Waals surface area (Å²) >= 11 is 0. The molecule has 2 saturated heterocycles. The second-order valence-corrected chi connectivity index (χ2v) is 8.42. The number of piperidine rings is 1. The number of hydrogen-bond acceptors (Lipinski definition) is 5. The topological polar surface area (TPSA) is 60.9 Å². The summed E-state index contributed by atoms with van der Waals surface area (Å²) in [5.74, 6) is -0.538. The largest absolute Gasteiger partial charge is 0.341 e. The molecule has 1 atom stereocenters. The Bertz CT molecular complexity index is 1050. The van der Waals surface area contributed by atoms with E-state index in [1.807, 2.05) is 18.5 Å². The molecular weight excluding hydrogens is 398 g/mol. The number of rotatable bonds is 5. The summed E-state index contributed by atoms with van der Waals surface area (Å²) in [6, 6.07) is 6.31. The molecule has 162 valence electrons. The van der Waals surface area contributed by atoms with Crippen LogP contribution >= 0.6 is 0 Å². The van der Waals surface area contributed by atoms with Gasteiger partial charge in [-0.2, -0.15) is 5.10 Å². The first-order chi connectivity index (χ1) is 15.2. The second-order valence-electron chi connectivity index (χ2n) is 8.42. The molecule has 2 fully saturated rings. The Morgan fingerprint density at radius 3 is 2.81 bits per heavy atom. The fourth-order valence-electron chi connectivity index (χ4n) is 4.73. The summed E-state index contributed by atoms with van der Waals surface area (Å²) in [5.41, 5.74) is 3.31. The quantitative estimate of drug-likeness (QED) is 0.668. The minimum atomic E-state index is -0.792. The van der Waals surface area contributed by atoms with Crippen LogP contribution in [-0.4, -0.2) is 51.2 Å². The van der Waals surface area contributed by atoms with Crippen LogP contribution in [0.2, 0.25) is 0 Å². The highest BCUT2D eigenvalue weighted by Crippen LogP contribution is 2.33. The van der Waals surface area contributed by atoms with Gasteiger partial charge in [0.05, 0.1) is 11.9 Å². The molecule has 1 aromatic carbocycles. The number of nitrogens with zero attached hydrogens (tertiary/aromatic N) is 5. The summed E-state index contributed by atoms with van der Waals surface area (Å²) in [5, 5.41) is 7.49. The Kier molecular flexibility index (Phi) is 5.63. The van der Waals surface area contributed by atoms with Gasteiger partial charge in [-0.05, 0) is 44.4 Å². The predicted molar refractivity (Wildman–Crippen MR) is 115 cm³/mol. The van der Waals surface area contributed by atoms with E-state index in [2.05, 4.69) is 25.0 Å². The lowest BCUT2D eigenvalue weighted by Crippen LogP contribution is -2.34. The Labute approximate surface area is 180 Å². The third-order valence-electron chi connectivity index (χ3n) is 6.32. The van der Waals surface area contributed by atoms with Crippen molar-refractivity contribution in [3.63, 3.8) is 0 Å². The molecule has 0 saturated carbocycles. The first-order valence-electron chi connectivity index (χ1n) is 11.0. The summed E-state index contributed by atoms with van der Waals surface area (Å²) in [7, 11) is 0. The van der Waals surface area contributed by atoms with Gasteiger partial charge in [0.2, 0.25) is 5.95 Å². The van der Waals surface area contributed by atoms with Gasteiger partial charge in [-0.25, -0.2) is 18.7 Å². The molecule has 0 radical (unpaired) electrons. The van der Waals surface area contributed by atoms with Crippen LogP contribution in [0, 0.1) is 11.6 Å². The number of likely N-dealkylation sites (tertiary alicyclic amines) is 1. The van der Waals surface area contributed by atoms with E-state index < -0.39 is 11.6 Å². The Hall–Kier alpha value is -2.87. The van der Waals surface area contributed by atoms with Crippen LogP contribution in [0.4, 0.5) is 14.7 Å². The van der Waals surface area contributed by atoms with Crippen molar-refractivity contribution in [1.82, 2.24) is 25.1 Å². The maximum absolute atomic E-state index is 14.1. The van der Waals surface area contributed by atoms with Gasteiger partial charge >= 0.3 is 0 Å². The highest BCUT2D eigenvalue weighted by molar-refractivity contribution is 5.63. The Balaban J connectivity index is 1.35. The van der Waals surface area contributed by atoms with Crippen molar-refractivity contribution in [1.29, 1.82) is 0 Å². The van der Waals surface area contributed by atoms with E-state index >= 15 is 0 Å². The van der Waals surface area contributed by atoms with Crippen LogP contribution in [-0.2, 0) is 6.54 Å². The number of aromatic amines is 1. The Morgan fingerprint density at radius 2 is 1.94 bits per heavy atom. The van der Waals surface area contributed by atoms with Crippen LogP contribution < -0.4 is 4.90 Å². The molecule has 6 nitrogen and oxygen atoms in total. The average Bonchev–Trinajstić information content (AvgIpc) is 3.50. The van der Waals surface area contributed by atoms with Crippen LogP contribution in [0.15, 0.2) is 36.7 Å². The molecule has 2 aliphatic rings. The summed E-state index contributed by atoms with van der Waals surface area (Å²) < 4.78 is 27.7. The van der Waals surface area contributed by atoms with Crippen LogP contribution in [0.25, 0.3) is 11.3 Å². The zero-order valence-corrected chi connectivity index (χ0v) is 17.4. The molecule has 2 aliphatic heterocycles. The number of nitrogens with one attached hydrogen (secondary N) is 1. The normalized spacial score (nSPS) is 19.8. The highest BCUT2D eigenvalue weighted by atomic mass is 19.2. The van der Waals surface area contributed by atoms with Crippen molar-refractivity contribution < 1.29 is 8.78 Å². The van der Waals surface area contributed by atoms with Crippen LogP contribution in [0.1, 0.15) is 42.9 Å². The molecular formula is C23H26F2N6. The minimum absolute atomic E-state index is 0.230. The van der Waals surface area contributed by atoms with Gasteiger partial charge in [0, 0.05) is 55.1 Å². The molecule has 0 aliphatic carbocycles. The van der Waals surface area contributed by atoms with Crippen molar-refractivity contribution in [3.8, 4) is 11.3 Å². The van der Waals surface area contributed by atoms with Gasteiger partial charge in [0.1, 0.15) is 0 Å². The molecule has 5 rings (SSSR count). The van der Waals surface area contributed by atoms with E-state index in [-0.39, 0.29) is 5.92 Å². The lowest BCUT2D eigenvalue weighted by molar-refractivity contribution is 0.196. The molecule has 3 aromatic rings. The number of hydrogen-bond donors (Lipinski definition) is 1. The lowest BCUT2D eigenvalue weighted by atomic mass is 9.91. The molecule has 0 bridgehead atoms. The molecule has 1 N–H and O–H groups in total. The SMILES string of the molecule is Fc1cccc(CN2CCC[C@@H](c3[nH]ncc3-c3ccnc(N4CCCC4)n3)C2)c1F. The average molecular weight is 424 g/mol.